The van der Waals surface area contributed by atoms with Crippen molar-refractivity contribution in [3.63, 3.8) is 0 Å². The number of aliphatic carboxylic acids is 1. The van der Waals surface area contributed by atoms with Gasteiger partial charge in [0.05, 0.1) is 7.11 Å². The fourth-order valence-corrected chi connectivity index (χ4v) is 2.56. The minimum atomic E-state index is -0.741. The van der Waals surface area contributed by atoms with Crippen LogP contribution in [0.3, 0.4) is 0 Å². The van der Waals surface area contributed by atoms with Crippen molar-refractivity contribution in [3.05, 3.63) is 24.3 Å². The molecule has 1 aromatic carbocycles. The fraction of sp³-hybridized carbons (Fsp3) is 0.533. The SMILES string of the molecule is COc1cccc(OCC2(C(=O)O)CCCCC2)c1. The van der Waals surface area contributed by atoms with Gasteiger partial charge in [0.15, 0.2) is 0 Å². The number of rotatable bonds is 5. The second kappa shape index (κ2) is 5.95. The first-order chi connectivity index (χ1) is 9.16. The summed E-state index contributed by atoms with van der Waals surface area (Å²) in [6.07, 6.45) is 4.45. The summed E-state index contributed by atoms with van der Waals surface area (Å²) in [7, 11) is 1.60. The number of benzene rings is 1. The molecule has 0 aromatic heterocycles. The molecule has 0 spiro atoms. The van der Waals surface area contributed by atoms with Gasteiger partial charge in [-0.3, -0.25) is 4.79 Å². The average Bonchev–Trinajstić information content (AvgIpc) is 2.46. The van der Waals surface area contributed by atoms with Crippen molar-refractivity contribution < 1.29 is 19.4 Å². The topological polar surface area (TPSA) is 55.8 Å². The van der Waals surface area contributed by atoms with E-state index >= 15 is 0 Å². The van der Waals surface area contributed by atoms with Crippen molar-refractivity contribution in [2.75, 3.05) is 13.7 Å². The average molecular weight is 264 g/mol. The zero-order valence-corrected chi connectivity index (χ0v) is 11.2. The van der Waals surface area contributed by atoms with Crippen LogP contribution in [-0.2, 0) is 4.79 Å². The maximum absolute atomic E-state index is 11.5. The second-order valence-electron chi connectivity index (χ2n) is 5.11. The standard InChI is InChI=1S/C15H20O4/c1-18-12-6-5-7-13(10-12)19-11-15(14(16)17)8-3-2-4-9-15/h5-7,10H,2-4,8-9,11H2,1H3,(H,16,17). The second-order valence-corrected chi connectivity index (χ2v) is 5.11. The van der Waals surface area contributed by atoms with Gasteiger partial charge in [-0.25, -0.2) is 0 Å². The molecule has 1 aliphatic carbocycles. The summed E-state index contributed by atoms with van der Waals surface area (Å²) in [6.45, 7) is 0.232. The van der Waals surface area contributed by atoms with Gasteiger partial charge in [-0.15, -0.1) is 0 Å². The van der Waals surface area contributed by atoms with Crippen molar-refractivity contribution >= 4 is 5.97 Å². The van der Waals surface area contributed by atoms with Crippen LogP contribution in [0.5, 0.6) is 11.5 Å². The molecule has 0 atom stereocenters. The number of ether oxygens (including phenoxy) is 2. The number of carboxylic acid groups (broad SMARTS) is 1. The zero-order chi connectivity index (χ0) is 13.7. The van der Waals surface area contributed by atoms with Crippen LogP contribution in [0.4, 0.5) is 0 Å². The van der Waals surface area contributed by atoms with Crippen molar-refractivity contribution in [1.82, 2.24) is 0 Å². The Kier molecular flexibility index (Phi) is 4.30. The van der Waals surface area contributed by atoms with E-state index < -0.39 is 11.4 Å². The Hall–Kier alpha value is -1.71. The van der Waals surface area contributed by atoms with Gasteiger partial charge in [-0.1, -0.05) is 25.3 Å². The first-order valence-corrected chi connectivity index (χ1v) is 6.66. The lowest BCUT2D eigenvalue weighted by atomic mass is 9.75. The molecular weight excluding hydrogens is 244 g/mol. The molecule has 2 rings (SSSR count). The van der Waals surface area contributed by atoms with Gasteiger partial charge in [0.25, 0.3) is 0 Å². The van der Waals surface area contributed by atoms with Gasteiger partial charge < -0.3 is 14.6 Å². The van der Waals surface area contributed by atoms with Crippen molar-refractivity contribution in [1.29, 1.82) is 0 Å². The predicted molar refractivity (Wildman–Crippen MR) is 71.6 cm³/mol. The van der Waals surface area contributed by atoms with Crippen LogP contribution >= 0.6 is 0 Å². The molecule has 19 heavy (non-hydrogen) atoms. The Morgan fingerprint density at radius 3 is 2.58 bits per heavy atom. The van der Waals surface area contributed by atoms with Crippen molar-refractivity contribution in [2.24, 2.45) is 5.41 Å². The van der Waals surface area contributed by atoms with Gasteiger partial charge >= 0.3 is 5.97 Å². The molecule has 0 radical (unpaired) electrons. The minimum absolute atomic E-state index is 0.232. The smallest absolute Gasteiger partial charge is 0.313 e. The Morgan fingerprint density at radius 1 is 1.26 bits per heavy atom. The van der Waals surface area contributed by atoms with E-state index in [9.17, 15) is 9.90 Å². The van der Waals surface area contributed by atoms with Crippen LogP contribution in [0.1, 0.15) is 32.1 Å². The van der Waals surface area contributed by atoms with Crippen LogP contribution in [-0.4, -0.2) is 24.8 Å². The lowest BCUT2D eigenvalue weighted by molar-refractivity contribution is -0.153. The minimum Gasteiger partial charge on any atom is -0.497 e. The largest absolute Gasteiger partial charge is 0.497 e. The Labute approximate surface area is 113 Å². The molecule has 1 aromatic rings. The van der Waals surface area contributed by atoms with E-state index in [1.54, 1.807) is 13.2 Å². The van der Waals surface area contributed by atoms with Gasteiger partial charge in [0.2, 0.25) is 0 Å². The van der Waals surface area contributed by atoms with E-state index in [1.807, 2.05) is 18.2 Å². The number of carboxylic acids is 1. The fourth-order valence-electron chi connectivity index (χ4n) is 2.56. The van der Waals surface area contributed by atoms with E-state index in [2.05, 4.69) is 0 Å². The molecule has 0 unspecified atom stereocenters. The van der Waals surface area contributed by atoms with Gasteiger partial charge in [0.1, 0.15) is 23.5 Å². The Bertz CT molecular complexity index is 436. The molecule has 4 heteroatoms. The number of hydrogen-bond acceptors (Lipinski definition) is 3. The third kappa shape index (κ3) is 3.19. The summed E-state index contributed by atoms with van der Waals surface area (Å²) in [5.74, 6) is 0.631. The quantitative estimate of drug-likeness (QED) is 0.887. The molecular formula is C15H20O4. The van der Waals surface area contributed by atoms with E-state index in [1.165, 1.54) is 0 Å². The highest BCUT2D eigenvalue weighted by molar-refractivity contribution is 5.75. The predicted octanol–water partition coefficient (Wildman–Crippen LogP) is 3.11. The van der Waals surface area contributed by atoms with Crippen molar-refractivity contribution in [2.45, 2.75) is 32.1 Å². The highest BCUT2D eigenvalue weighted by Crippen LogP contribution is 2.37. The highest BCUT2D eigenvalue weighted by Gasteiger charge is 2.40. The number of methoxy groups -OCH3 is 1. The Balaban J connectivity index is 2.04. The van der Waals surface area contributed by atoms with Crippen LogP contribution in [0, 0.1) is 5.41 Å². The number of carbonyl (C=O) groups is 1. The molecule has 0 bridgehead atoms. The van der Waals surface area contributed by atoms with Crippen LogP contribution in [0.15, 0.2) is 24.3 Å². The third-order valence-electron chi connectivity index (χ3n) is 3.82. The third-order valence-corrected chi connectivity index (χ3v) is 3.82. The molecule has 0 aliphatic heterocycles. The summed E-state index contributed by atoms with van der Waals surface area (Å²) >= 11 is 0. The van der Waals surface area contributed by atoms with Crippen LogP contribution < -0.4 is 9.47 Å². The van der Waals surface area contributed by atoms with E-state index in [0.29, 0.717) is 24.3 Å². The monoisotopic (exact) mass is 264 g/mol. The molecule has 0 amide bonds. The molecule has 1 saturated carbocycles. The molecule has 104 valence electrons. The van der Waals surface area contributed by atoms with Crippen LogP contribution in [0.25, 0.3) is 0 Å². The highest BCUT2D eigenvalue weighted by atomic mass is 16.5. The molecule has 1 N–H and O–H groups in total. The summed E-state index contributed by atoms with van der Waals surface area (Å²) < 4.78 is 10.8. The van der Waals surface area contributed by atoms with E-state index in [4.69, 9.17) is 9.47 Å². The maximum atomic E-state index is 11.5. The molecule has 1 aliphatic rings. The summed E-state index contributed by atoms with van der Waals surface area (Å²) in [6, 6.07) is 7.27. The van der Waals surface area contributed by atoms with E-state index in [-0.39, 0.29) is 6.61 Å². The lowest BCUT2D eigenvalue weighted by Crippen LogP contribution is -2.38. The first kappa shape index (κ1) is 13.7. The van der Waals surface area contributed by atoms with Gasteiger partial charge in [-0.05, 0) is 25.0 Å². The zero-order valence-electron chi connectivity index (χ0n) is 11.2. The van der Waals surface area contributed by atoms with Crippen LogP contribution in [0.2, 0.25) is 0 Å². The molecule has 0 heterocycles. The number of hydrogen-bond donors (Lipinski definition) is 1. The first-order valence-electron chi connectivity index (χ1n) is 6.66. The van der Waals surface area contributed by atoms with Crippen molar-refractivity contribution in [3.8, 4) is 11.5 Å². The lowest BCUT2D eigenvalue weighted by Gasteiger charge is -2.32. The normalized spacial score (nSPS) is 17.7. The van der Waals surface area contributed by atoms with Gasteiger partial charge in [0, 0.05) is 6.07 Å². The molecule has 1 fully saturated rings. The van der Waals surface area contributed by atoms with E-state index in [0.717, 1.165) is 19.3 Å². The van der Waals surface area contributed by atoms with Gasteiger partial charge in [-0.2, -0.15) is 0 Å². The summed E-state index contributed by atoms with van der Waals surface area (Å²) in [4.78, 5) is 11.5. The molecule has 4 nitrogen and oxygen atoms in total. The maximum Gasteiger partial charge on any atom is 0.313 e. The molecule has 0 saturated heterocycles. The Morgan fingerprint density at radius 2 is 1.95 bits per heavy atom. The summed E-state index contributed by atoms with van der Waals surface area (Å²) in [5.41, 5.74) is -0.721. The summed E-state index contributed by atoms with van der Waals surface area (Å²) in [5, 5.41) is 9.46.